The lowest BCUT2D eigenvalue weighted by molar-refractivity contribution is 0.529. The molecular weight excluding hydrogens is 276 g/mol. The summed E-state index contributed by atoms with van der Waals surface area (Å²) in [7, 11) is 0. The van der Waals surface area contributed by atoms with Gasteiger partial charge in [-0.05, 0) is 61.7 Å². The van der Waals surface area contributed by atoms with Crippen LogP contribution in [0.2, 0.25) is 0 Å². The highest BCUT2D eigenvalue weighted by atomic mass is 32.1. The molecule has 112 valence electrons. The molecule has 2 atom stereocenters. The molecule has 21 heavy (non-hydrogen) atoms. The Hall–Kier alpha value is -1.32. The highest BCUT2D eigenvalue weighted by molar-refractivity contribution is 7.10. The van der Waals surface area contributed by atoms with Gasteiger partial charge in [-0.15, -0.1) is 11.3 Å². The van der Waals surface area contributed by atoms with E-state index in [1.54, 1.807) is 0 Å². The molecule has 0 saturated heterocycles. The van der Waals surface area contributed by atoms with Gasteiger partial charge >= 0.3 is 0 Å². The zero-order chi connectivity index (χ0) is 14.8. The second-order valence-corrected chi connectivity index (χ2v) is 7.00. The second kappa shape index (κ2) is 6.20. The molecule has 0 amide bonds. The Bertz CT molecular complexity index is 603. The van der Waals surface area contributed by atoms with Crippen molar-refractivity contribution in [2.75, 3.05) is 11.4 Å². The molecule has 2 unspecified atom stereocenters. The zero-order valence-electron chi connectivity index (χ0n) is 12.9. The summed E-state index contributed by atoms with van der Waals surface area (Å²) in [5.74, 6) is 0. The number of rotatable bonds is 3. The van der Waals surface area contributed by atoms with E-state index in [0.717, 1.165) is 6.54 Å². The second-order valence-electron chi connectivity index (χ2n) is 6.05. The molecule has 1 aliphatic heterocycles. The molecule has 2 aromatic rings. The quantitative estimate of drug-likeness (QED) is 0.916. The van der Waals surface area contributed by atoms with Gasteiger partial charge in [0.25, 0.3) is 0 Å². The summed E-state index contributed by atoms with van der Waals surface area (Å²) in [4.78, 5) is 3.97. The normalized spacial score (nSPS) is 18.0. The molecular formula is C18H24N2S. The molecule has 1 aromatic carbocycles. The first-order valence-corrected chi connectivity index (χ1v) is 8.70. The van der Waals surface area contributed by atoms with Crippen LogP contribution in [0.15, 0.2) is 35.7 Å². The maximum Gasteiger partial charge on any atom is 0.0785 e. The fourth-order valence-electron chi connectivity index (χ4n) is 3.36. The summed E-state index contributed by atoms with van der Waals surface area (Å²) in [6.45, 7) is 5.43. The van der Waals surface area contributed by atoms with Gasteiger partial charge in [0, 0.05) is 23.2 Å². The molecule has 2 heterocycles. The predicted octanol–water partition coefficient (Wildman–Crippen LogP) is 4.29. The Labute approximate surface area is 131 Å². The summed E-state index contributed by atoms with van der Waals surface area (Å²) in [5, 5.41) is 2.18. The maximum atomic E-state index is 6.40. The molecule has 0 spiro atoms. The van der Waals surface area contributed by atoms with E-state index in [0.29, 0.717) is 0 Å². The van der Waals surface area contributed by atoms with Crippen molar-refractivity contribution in [3.05, 3.63) is 51.7 Å². The van der Waals surface area contributed by atoms with Crippen molar-refractivity contribution in [1.29, 1.82) is 0 Å². The molecule has 0 saturated carbocycles. The van der Waals surface area contributed by atoms with E-state index in [-0.39, 0.29) is 12.1 Å². The zero-order valence-corrected chi connectivity index (χ0v) is 13.7. The summed E-state index contributed by atoms with van der Waals surface area (Å²) in [6.07, 6.45) is 3.69. The molecule has 0 fully saturated rings. The van der Waals surface area contributed by atoms with Crippen molar-refractivity contribution in [1.82, 2.24) is 0 Å². The van der Waals surface area contributed by atoms with Crippen LogP contribution in [0.4, 0.5) is 5.69 Å². The largest absolute Gasteiger partial charge is 0.362 e. The van der Waals surface area contributed by atoms with Crippen LogP contribution in [0.5, 0.6) is 0 Å². The molecule has 2 nitrogen and oxygen atoms in total. The standard InChI is InChI=1S/C18H24N2S/c1-13-10-12-21-18(13)17(14(2)19)20-11-6-5-8-15-7-3-4-9-16(15)20/h3-4,7,9-10,12,14,17H,5-6,8,11,19H2,1-2H3. The maximum absolute atomic E-state index is 6.40. The highest BCUT2D eigenvalue weighted by Gasteiger charge is 2.28. The number of thiophene rings is 1. The van der Waals surface area contributed by atoms with Gasteiger partial charge in [0.15, 0.2) is 0 Å². The monoisotopic (exact) mass is 300 g/mol. The van der Waals surface area contributed by atoms with Crippen LogP contribution in [-0.2, 0) is 6.42 Å². The van der Waals surface area contributed by atoms with Crippen LogP contribution < -0.4 is 10.6 Å². The van der Waals surface area contributed by atoms with Gasteiger partial charge in [0.05, 0.1) is 6.04 Å². The smallest absolute Gasteiger partial charge is 0.0785 e. The van der Waals surface area contributed by atoms with Gasteiger partial charge in [-0.1, -0.05) is 18.2 Å². The molecule has 0 aliphatic carbocycles. The van der Waals surface area contributed by atoms with Crippen LogP contribution in [0, 0.1) is 6.92 Å². The van der Waals surface area contributed by atoms with Crippen LogP contribution in [0.25, 0.3) is 0 Å². The minimum absolute atomic E-state index is 0.119. The number of aryl methyl sites for hydroxylation is 2. The molecule has 0 radical (unpaired) electrons. The Kier molecular flexibility index (Phi) is 4.32. The number of nitrogens with two attached hydrogens (primary N) is 1. The third-order valence-corrected chi connectivity index (χ3v) is 5.49. The number of hydrogen-bond acceptors (Lipinski definition) is 3. The van der Waals surface area contributed by atoms with Crippen molar-refractivity contribution >= 4 is 17.0 Å². The van der Waals surface area contributed by atoms with Crippen LogP contribution in [-0.4, -0.2) is 12.6 Å². The lowest BCUT2D eigenvalue weighted by atomic mass is 10.0. The Balaban J connectivity index is 2.06. The summed E-state index contributed by atoms with van der Waals surface area (Å²) < 4.78 is 0. The highest BCUT2D eigenvalue weighted by Crippen LogP contribution is 2.37. The predicted molar refractivity (Wildman–Crippen MR) is 92.2 cm³/mol. The van der Waals surface area contributed by atoms with E-state index in [4.69, 9.17) is 5.73 Å². The van der Waals surface area contributed by atoms with Gasteiger partial charge in [0.1, 0.15) is 0 Å². The molecule has 1 aromatic heterocycles. The van der Waals surface area contributed by atoms with E-state index in [1.807, 2.05) is 11.3 Å². The van der Waals surface area contributed by atoms with E-state index in [9.17, 15) is 0 Å². The lowest BCUT2D eigenvalue weighted by Crippen LogP contribution is -2.40. The van der Waals surface area contributed by atoms with Gasteiger partial charge in [0.2, 0.25) is 0 Å². The minimum atomic E-state index is 0.119. The van der Waals surface area contributed by atoms with Crippen molar-refractivity contribution in [2.45, 2.75) is 45.2 Å². The van der Waals surface area contributed by atoms with E-state index < -0.39 is 0 Å². The molecule has 0 bridgehead atoms. The SMILES string of the molecule is Cc1ccsc1C(C(C)N)N1CCCCc2ccccc21. The van der Waals surface area contributed by atoms with E-state index in [2.05, 4.69) is 54.5 Å². The summed E-state index contributed by atoms with van der Waals surface area (Å²) >= 11 is 1.84. The first-order valence-electron chi connectivity index (χ1n) is 7.82. The average Bonchev–Trinajstić information content (AvgIpc) is 2.77. The van der Waals surface area contributed by atoms with Crippen molar-refractivity contribution < 1.29 is 0 Å². The topological polar surface area (TPSA) is 29.3 Å². The third-order valence-electron chi connectivity index (χ3n) is 4.40. The lowest BCUT2D eigenvalue weighted by Gasteiger charge is -2.36. The molecule has 2 N–H and O–H groups in total. The molecule has 3 rings (SSSR count). The van der Waals surface area contributed by atoms with Gasteiger partial charge < -0.3 is 10.6 Å². The van der Waals surface area contributed by atoms with Gasteiger partial charge in [-0.25, -0.2) is 0 Å². The number of nitrogens with zero attached hydrogens (tertiary/aromatic N) is 1. The summed E-state index contributed by atoms with van der Waals surface area (Å²) in [5.41, 5.74) is 10.6. The van der Waals surface area contributed by atoms with Crippen molar-refractivity contribution in [3.8, 4) is 0 Å². The number of para-hydroxylation sites is 1. The fraction of sp³-hybridized carbons (Fsp3) is 0.444. The van der Waals surface area contributed by atoms with E-state index >= 15 is 0 Å². The minimum Gasteiger partial charge on any atom is -0.362 e. The van der Waals surface area contributed by atoms with Gasteiger partial charge in [-0.3, -0.25) is 0 Å². The first kappa shape index (κ1) is 14.6. The number of fused-ring (bicyclic) bond motifs is 1. The number of benzene rings is 1. The first-order chi connectivity index (χ1) is 10.2. The summed E-state index contributed by atoms with van der Waals surface area (Å²) in [6, 6.07) is 11.4. The van der Waals surface area contributed by atoms with Crippen LogP contribution >= 0.6 is 11.3 Å². The van der Waals surface area contributed by atoms with Crippen LogP contribution in [0.1, 0.15) is 41.8 Å². The van der Waals surface area contributed by atoms with Gasteiger partial charge in [-0.2, -0.15) is 0 Å². The van der Waals surface area contributed by atoms with Crippen molar-refractivity contribution in [2.24, 2.45) is 5.73 Å². The molecule has 3 heteroatoms. The number of anilines is 1. The number of hydrogen-bond donors (Lipinski definition) is 1. The Morgan fingerprint density at radius 3 is 2.71 bits per heavy atom. The molecule has 1 aliphatic rings. The van der Waals surface area contributed by atoms with E-state index in [1.165, 1.54) is 41.0 Å². The average molecular weight is 300 g/mol. The Morgan fingerprint density at radius 2 is 2.00 bits per heavy atom. The van der Waals surface area contributed by atoms with Crippen LogP contribution in [0.3, 0.4) is 0 Å². The van der Waals surface area contributed by atoms with Crippen molar-refractivity contribution in [3.63, 3.8) is 0 Å². The Morgan fingerprint density at radius 1 is 1.19 bits per heavy atom. The third kappa shape index (κ3) is 2.85. The fourth-order valence-corrected chi connectivity index (χ4v) is 4.52.